The minimum absolute atomic E-state index is 0.0157. The Labute approximate surface area is 267 Å². The summed E-state index contributed by atoms with van der Waals surface area (Å²) in [6.45, 7) is 2.44. The van der Waals surface area contributed by atoms with Crippen LogP contribution in [-0.2, 0) is 9.59 Å². The molecule has 8 rings (SSSR count). The number of ether oxygens (including phenoxy) is 1. The van der Waals surface area contributed by atoms with E-state index in [9.17, 15) is 24.3 Å². The number of urea groups is 1. The van der Waals surface area contributed by atoms with Crippen LogP contribution in [0.3, 0.4) is 0 Å². The number of amides is 4. The van der Waals surface area contributed by atoms with Crippen molar-refractivity contribution in [2.75, 3.05) is 28.3 Å². The zero-order valence-electron chi connectivity index (χ0n) is 25.8. The number of nitrogens with zero attached hydrogens (tertiary/aromatic N) is 2. The number of aromatic carboxylic acids is 1. The van der Waals surface area contributed by atoms with Crippen molar-refractivity contribution in [2.24, 2.45) is 23.2 Å². The number of carbonyl (C=O) groups is 4. The van der Waals surface area contributed by atoms with E-state index >= 15 is 0 Å². The van der Waals surface area contributed by atoms with Gasteiger partial charge in [0.05, 0.1) is 23.7 Å². The van der Waals surface area contributed by atoms with Gasteiger partial charge in [-0.1, -0.05) is 36.4 Å². The Bertz CT molecular complexity index is 1660. The van der Waals surface area contributed by atoms with Crippen molar-refractivity contribution < 1.29 is 29.0 Å². The Hall–Kier alpha value is -4.86. The Kier molecular flexibility index (Phi) is 7.66. The highest BCUT2D eigenvalue weighted by Gasteiger charge is 2.53. The van der Waals surface area contributed by atoms with E-state index in [1.54, 1.807) is 30.0 Å². The van der Waals surface area contributed by atoms with Crippen LogP contribution in [0.1, 0.15) is 55.8 Å². The minimum atomic E-state index is -1.56. The number of carboxylic acid groups (broad SMARTS) is 1. The normalized spacial score (nSPS) is 26.4. The summed E-state index contributed by atoms with van der Waals surface area (Å²) in [5.74, 6) is -0.295. The molecule has 46 heavy (non-hydrogen) atoms. The van der Waals surface area contributed by atoms with Gasteiger partial charge in [-0.3, -0.25) is 14.5 Å². The molecule has 238 valence electrons. The number of anilines is 4. The first-order valence-corrected chi connectivity index (χ1v) is 16.1. The summed E-state index contributed by atoms with van der Waals surface area (Å²) in [4.78, 5) is 58.0. The van der Waals surface area contributed by atoms with Gasteiger partial charge in [-0.25, -0.2) is 9.59 Å². The largest absolute Gasteiger partial charge is 0.493 e. The van der Waals surface area contributed by atoms with E-state index in [2.05, 4.69) is 10.6 Å². The predicted octanol–water partition coefficient (Wildman–Crippen LogP) is 6.20. The van der Waals surface area contributed by atoms with Gasteiger partial charge in [0.15, 0.2) is 6.04 Å². The molecule has 4 amide bonds. The summed E-state index contributed by atoms with van der Waals surface area (Å²) in [6.07, 6.45) is 6.97. The summed E-state index contributed by atoms with van der Waals surface area (Å²) in [6, 6.07) is 18.6. The summed E-state index contributed by atoms with van der Waals surface area (Å²) >= 11 is 0. The van der Waals surface area contributed by atoms with E-state index in [1.165, 1.54) is 36.3 Å². The lowest BCUT2D eigenvalue weighted by molar-refractivity contribution is -0.129. The molecule has 4 aliphatic carbocycles. The van der Waals surface area contributed by atoms with E-state index in [-0.39, 0.29) is 29.0 Å². The quantitative estimate of drug-likeness (QED) is 0.257. The summed E-state index contributed by atoms with van der Waals surface area (Å²) < 4.78 is 5.48. The van der Waals surface area contributed by atoms with E-state index in [1.807, 2.05) is 42.5 Å². The molecule has 1 unspecified atom stereocenters. The molecule has 4 fully saturated rings. The van der Waals surface area contributed by atoms with Crippen LogP contribution in [0.15, 0.2) is 72.8 Å². The fraction of sp³-hybridized carbons (Fsp3) is 0.389. The maximum Gasteiger partial charge on any atom is 0.341 e. The van der Waals surface area contributed by atoms with E-state index < -0.39 is 29.9 Å². The fourth-order valence-corrected chi connectivity index (χ4v) is 8.88. The maximum absolute atomic E-state index is 14.6. The van der Waals surface area contributed by atoms with Crippen LogP contribution >= 0.6 is 0 Å². The van der Waals surface area contributed by atoms with E-state index in [4.69, 9.17) is 4.74 Å². The first kappa shape index (κ1) is 29.8. The summed E-state index contributed by atoms with van der Waals surface area (Å²) in [5.41, 5.74) is 1.49. The monoisotopic (exact) mass is 622 g/mol. The third kappa shape index (κ3) is 5.35. The average Bonchev–Trinajstić information content (AvgIpc) is 3.10. The van der Waals surface area contributed by atoms with Gasteiger partial charge in [-0.2, -0.15) is 0 Å². The van der Waals surface area contributed by atoms with Crippen molar-refractivity contribution in [3.8, 4) is 5.75 Å². The molecule has 3 N–H and O–H groups in total. The number of carbonyl (C=O) groups excluding carboxylic acids is 3. The average molecular weight is 623 g/mol. The zero-order chi connectivity index (χ0) is 32.0. The van der Waals surface area contributed by atoms with Gasteiger partial charge in [0.1, 0.15) is 11.3 Å². The van der Waals surface area contributed by atoms with Crippen molar-refractivity contribution in [3.05, 3.63) is 78.4 Å². The topological polar surface area (TPSA) is 128 Å². The SMILES string of the molecule is CCOc1cccc(NC(=O)NC2C(=O)N(CC34CC5CC(CC(C5)C3)C4)c3ccccc3N(c3ccccc3)C2=O)c1C(=O)O. The molecule has 0 saturated heterocycles. The lowest BCUT2D eigenvalue weighted by atomic mass is 9.49. The number of benzene rings is 3. The van der Waals surface area contributed by atoms with Crippen LogP contribution in [0, 0.1) is 23.2 Å². The van der Waals surface area contributed by atoms with Crippen LogP contribution in [-0.4, -0.2) is 48.1 Å². The number of fused-ring (bicyclic) bond motifs is 1. The van der Waals surface area contributed by atoms with Gasteiger partial charge in [-0.15, -0.1) is 0 Å². The smallest absolute Gasteiger partial charge is 0.341 e. The number of rotatable bonds is 8. The first-order chi connectivity index (χ1) is 22.2. The second-order valence-electron chi connectivity index (χ2n) is 13.3. The molecule has 0 spiro atoms. The molecule has 1 atom stereocenters. The third-order valence-electron chi connectivity index (χ3n) is 10.1. The molecule has 3 aromatic rings. The van der Waals surface area contributed by atoms with Gasteiger partial charge in [0.2, 0.25) is 0 Å². The zero-order valence-corrected chi connectivity index (χ0v) is 25.8. The minimum Gasteiger partial charge on any atom is -0.493 e. The number of hydrogen-bond acceptors (Lipinski definition) is 5. The van der Waals surface area contributed by atoms with Gasteiger partial charge in [0.25, 0.3) is 11.8 Å². The standard InChI is InChI=1S/C36H38N4O6/c1-2-46-29-14-8-11-26(30(29)34(43)44)37-35(45)38-31-32(41)39(21-36-18-22-15-23(19-36)17-24(16-22)20-36)27-12-6-7-13-28(27)40(33(31)42)25-9-4-3-5-10-25/h3-14,22-24,31H,2,15-21H2,1H3,(H,43,44)(H2,37,38,45). The molecular formula is C36H38N4O6. The van der Waals surface area contributed by atoms with Crippen LogP contribution in [0.5, 0.6) is 5.75 Å². The molecule has 10 nitrogen and oxygen atoms in total. The van der Waals surface area contributed by atoms with Crippen molar-refractivity contribution in [3.63, 3.8) is 0 Å². The maximum atomic E-state index is 14.6. The van der Waals surface area contributed by atoms with Crippen molar-refractivity contribution in [1.29, 1.82) is 0 Å². The van der Waals surface area contributed by atoms with E-state index in [0.29, 0.717) is 41.4 Å². The third-order valence-corrected chi connectivity index (χ3v) is 10.1. The number of nitrogens with one attached hydrogen (secondary N) is 2. The molecule has 1 heterocycles. The molecule has 10 heteroatoms. The van der Waals surface area contributed by atoms with Crippen molar-refractivity contribution in [1.82, 2.24) is 5.32 Å². The van der Waals surface area contributed by atoms with Gasteiger partial charge >= 0.3 is 12.0 Å². The fourth-order valence-electron chi connectivity index (χ4n) is 8.88. The Morgan fingerprint density at radius 3 is 2.11 bits per heavy atom. The van der Waals surface area contributed by atoms with Crippen LogP contribution in [0.4, 0.5) is 27.5 Å². The van der Waals surface area contributed by atoms with Gasteiger partial charge < -0.3 is 25.4 Å². The summed E-state index contributed by atoms with van der Waals surface area (Å²) in [7, 11) is 0. The molecule has 4 bridgehead atoms. The van der Waals surface area contributed by atoms with Crippen molar-refractivity contribution in [2.45, 2.75) is 51.5 Å². The Morgan fingerprint density at radius 1 is 0.848 bits per heavy atom. The highest BCUT2D eigenvalue weighted by atomic mass is 16.5. The molecule has 3 aromatic carbocycles. The second kappa shape index (κ2) is 11.8. The highest BCUT2D eigenvalue weighted by molar-refractivity contribution is 6.24. The molecule has 4 saturated carbocycles. The molecule has 0 radical (unpaired) electrons. The lowest BCUT2D eigenvalue weighted by Gasteiger charge is -2.57. The predicted molar refractivity (Wildman–Crippen MR) is 174 cm³/mol. The summed E-state index contributed by atoms with van der Waals surface area (Å²) in [5, 5.41) is 15.1. The molecule has 5 aliphatic rings. The van der Waals surface area contributed by atoms with Gasteiger partial charge in [-0.05, 0) is 105 Å². The molecular weight excluding hydrogens is 584 g/mol. The van der Waals surface area contributed by atoms with Crippen LogP contribution in [0.25, 0.3) is 0 Å². The Balaban J connectivity index is 1.26. The van der Waals surface area contributed by atoms with E-state index in [0.717, 1.165) is 19.3 Å². The highest BCUT2D eigenvalue weighted by Crippen LogP contribution is 2.60. The number of hydrogen-bond donors (Lipinski definition) is 3. The first-order valence-electron chi connectivity index (χ1n) is 16.1. The lowest BCUT2D eigenvalue weighted by Crippen LogP contribution is -2.58. The van der Waals surface area contributed by atoms with Crippen LogP contribution in [0.2, 0.25) is 0 Å². The number of para-hydroxylation sites is 3. The van der Waals surface area contributed by atoms with Crippen LogP contribution < -0.4 is 25.2 Å². The molecule has 0 aromatic heterocycles. The molecule has 1 aliphatic heterocycles. The number of carboxylic acids is 1. The Morgan fingerprint density at radius 2 is 1.48 bits per heavy atom. The second-order valence-corrected chi connectivity index (χ2v) is 13.3. The van der Waals surface area contributed by atoms with Gasteiger partial charge in [0, 0.05) is 12.2 Å². The van der Waals surface area contributed by atoms with Crippen molar-refractivity contribution >= 4 is 46.6 Å².